The van der Waals surface area contributed by atoms with Gasteiger partial charge in [-0.25, -0.2) is 14.7 Å². The van der Waals surface area contributed by atoms with E-state index in [2.05, 4.69) is 10.3 Å². The highest BCUT2D eigenvalue weighted by atomic mass is 32.2. The summed E-state index contributed by atoms with van der Waals surface area (Å²) in [5.41, 5.74) is 0.799. The van der Waals surface area contributed by atoms with Gasteiger partial charge in [-0.05, 0) is 67.9 Å². The van der Waals surface area contributed by atoms with E-state index >= 15 is 0 Å². The Hall–Kier alpha value is -3.66. The molecule has 1 aromatic heterocycles. The number of rotatable bonds is 8. The van der Waals surface area contributed by atoms with E-state index in [4.69, 9.17) is 4.74 Å². The van der Waals surface area contributed by atoms with Crippen molar-refractivity contribution in [1.29, 1.82) is 0 Å². The molecule has 2 heterocycles. The molecule has 10 heteroatoms. The maximum Gasteiger partial charge on any atom is 0.332 e. The fourth-order valence-electron chi connectivity index (χ4n) is 3.87. The van der Waals surface area contributed by atoms with Crippen molar-refractivity contribution in [2.75, 3.05) is 17.3 Å². The second-order valence-electron chi connectivity index (χ2n) is 8.88. The number of hydrogen-bond acceptors (Lipinski definition) is 6. The first-order chi connectivity index (χ1) is 17.0. The first kappa shape index (κ1) is 25.4. The molecule has 0 bridgehead atoms. The number of anilines is 3. The molecular weight excluding hydrogens is 486 g/mol. The summed E-state index contributed by atoms with van der Waals surface area (Å²) < 4.78 is 31.9. The van der Waals surface area contributed by atoms with Gasteiger partial charge in [0.05, 0.1) is 12.8 Å². The third-order valence-corrected chi connectivity index (χ3v) is 6.59. The molecular formula is C26H26F2N4O3S. The van der Waals surface area contributed by atoms with Gasteiger partial charge in [-0.15, -0.1) is 0 Å². The van der Waals surface area contributed by atoms with Gasteiger partial charge in [0.1, 0.15) is 17.1 Å². The second-order valence-corrected chi connectivity index (χ2v) is 10.3. The van der Waals surface area contributed by atoms with Gasteiger partial charge >= 0.3 is 6.03 Å². The number of halogens is 2. The minimum absolute atomic E-state index is 0.180. The molecule has 1 aliphatic heterocycles. The monoisotopic (exact) mass is 512 g/mol. The van der Waals surface area contributed by atoms with Gasteiger partial charge in [-0.2, -0.15) is 8.78 Å². The lowest BCUT2D eigenvalue weighted by molar-refractivity contribution is -0.123. The number of aromatic nitrogens is 1. The first-order valence-corrected chi connectivity index (χ1v) is 12.0. The topological polar surface area (TPSA) is 74.8 Å². The van der Waals surface area contributed by atoms with Crippen LogP contribution in [0, 0.1) is 0 Å². The minimum atomic E-state index is -2.93. The Morgan fingerprint density at radius 2 is 1.81 bits per heavy atom. The lowest BCUT2D eigenvalue weighted by Gasteiger charge is -2.27. The van der Waals surface area contributed by atoms with Gasteiger partial charge in [0, 0.05) is 36.3 Å². The fraction of sp³-hybridized carbons (Fsp3) is 0.269. The van der Waals surface area contributed by atoms with Gasteiger partial charge in [-0.3, -0.25) is 4.79 Å². The largest absolute Gasteiger partial charge is 0.497 e. The molecule has 1 aliphatic rings. The summed E-state index contributed by atoms with van der Waals surface area (Å²) in [6, 6.07) is 16.5. The van der Waals surface area contributed by atoms with Crippen molar-refractivity contribution in [3.63, 3.8) is 0 Å². The molecule has 0 atom stereocenters. The molecule has 0 radical (unpaired) electrons. The maximum absolute atomic E-state index is 13.4. The number of carbonyl (C=O) groups excluding carboxylic acids is 2. The molecule has 0 aliphatic carbocycles. The predicted octanol–water partition coefficient (Wildman–Crippen LogP) is 6.29. The summed E-state index contributed by atoms with van der Waals surface area (Å²) >= 11 is 0.409. The number of thioether (sulfide) groups is 1. The van der Waals surface area contributed by atoms with Crippen molar-refractivity contribution in [2.45, 2.75) is 43.0 Å². The predicted molar refractivity (Wildman–Crippen MR) is 136 cm³/mol. The number of urea groups is 1. The molecule has 0 spiro atoms. The third-order valence-electron chi connectivity index (χ3n) is 5.72. The molecule has 3 amide bonds. The van der Waals surface area contributed by atoms with Crippen molar-refractivity contribution in [3.05, 3.63) is 72.4 Å². The smallest absolute Gasteiger partial charge is 0.332 e. The lowest BCUT2D eigenvalue weighted by atomic mass is 10.0. The zero-order valence-electron chi connectivity index (χ0n) is 20.3. The highest BCUT2D eigenvalue weighted by Crippen LogP contribution is 2.38. The Kier molecular flexibility index (Phi) is 6.90. The number of alkyl halides is 2. The van der Waals surface area contributed by atoms with Crippen LogP contribution in [-0.4, -0.2) is 39.7 Å². The molecule has 1 saturated heterocycles. The lowest BCUT2D eigenvalue weighted by Crippen LogP contribution is -2.43. The number of amides is 3. The number of methoxy groups -OCH3 is 1. The van der Waals surface area contributed by atoms with E-state index in [0.29, 0.717) is 33.9 Å². The zero-order chi connectivity index (χ0) is 26.1. The van der Waals surface area contributed by atoms with Gasteiger partial charge in [0.15, 0.2) is 0 Å². The number of nitrogens with one attached hydrogen (secondary N) is 1. The molecule has 188 valence electrons. The van der Waals surface area contributed by atoms with E-state index < -0.39 is 22.7 Å². The molecule has 0 saturated carbocycles. The number of benzene rings is 2. The Morgan fingerprint density at radius 3 is 2.47 bits per heavy atom. The number of ether oxygens (including phenoxy) is 1. The van der Waals surface area contributed by atoms with Crippen LogP contribution in [0.2, 0.25) is 0 Å². The molecule has 7 nitrogen and oxygen atoms in total. The van der Waals surface area contributed by atoms with Crippen LogP contribution in [0.4, 0.5) is 30.8 Å². The Bertz CT molecular complexity index is 1280. The SMILES string of the molecule is COc1cccc(Nc2cc(CN3C(=O)N(c4ccc(SC(C)(F)F)cc4)C(=O)C3(C)C)ccn2)c1. The summed E-state index contributed by atoms with van der Waals surface area (Å²) in [7, 11) is 1.59. The molecule has 2 aromatic carbocycles. The quantitative estimate of drug-likeness (QED) is 0.283. The van der Waals surface area contributed by atoms with Crippen LogP contribution >= 0.6 is 11.8 Å². The number of hydrogen-bond donors (Lipinski definition) is 1. The summed E-state index contributed by atoms with van der Waals surface area (Å²) in [6.45, 7) is 4.37. The number of pyridine rings is 1. The summed E-state index contributed by atoms with van der Waals surface area (Å²) in [4.78, 5) is 33.8. The molecule has 3 aromatic rings. The van der Waals surface area contributed by atoms with E-state index in [-0.39, 0.29) is 6.54 Å². The number of nitrogens with zero attached hydrogens (tertiary/aromatic N) is 3. The van der Waals surface area contributed by atoms with Crippen LogP contribution in [0.25, 0.3) is 0 Å². The van der Waals surface area contributed by atoms with Crippen LogP contribution < -0.4 is 15.0 Å². The second kappa shape index (κ2) is 9.77. The van der Waals surface area contributed by atoms with Gasteiger partial charge in [-0.1, -0.05) is 17.8 Å². The van der Waals surface area contributed by atoms with Crippen molar-refractivity contribution < 1.29 is 23.1 Å². The number of carbonyl (C=O) groups is 2. The summed E-state index contributed by atoms with van der Waals surface area (Å²) in [5, 5.41) is 0.287. The minimum Gasteiger partial charge on any atom is -0.497 e. The van der Waals surface area contributed by atoms with E-state index in [1.54, 1.807) is 33.2 Å². The molecule has 0 unspecified atom stereocenters. The molecule has 1 fully saturated rings. The normalized spacial score (nSPS) is 15.4. The zero-order valence-corrected chi connectivity index (χ0v) is 21.1. The van der Waals surface area contributed by atoms with E-state index in [1.807, 2.05) is 30.3 Å². The van der Waals surface area contributed by atoms with Crippen molar-refractivity contribution in [3.8, 4) is 5.75 Å². The molecule has 4 rings (SSSR count). The highest BCUT2D eigenvalue weighted by Gasteiger charge is 2.51. The highest BCUT2D eigenvalue weighted by molar-refractivity contribution is 8.00. The van der Waals surface area contributed by atoms with Crippen LogP contribution in [0.3, 0.4) is 0 Å². The average Bonchev–Trinajstić information content (AvgIpc) is 2.98. The van der Waals surface area contributed by atoms with Crippen molar-refractivity contribution in [2.24, 2.45) is 0 Å². The van der Waals surface area contributed by atoms with E-state index in [9.17, 15) is 18.4 Å². The van der Waals surface area contributed by atoms with Crippen LogP contribution in [0.15, 0.2) is 71.8 Å². The van der Waals surface area contributed by atoms with E-state index in [0.717, 1.165) is 23.1 Å². The third kappa shape index (κ3) is 5.43. The fourth-order valence-corrected chi connectivity index (χ4v) is 4.56. The van der Waals surface area contributed by atoms with Crippen LogP contribution in [-0.2, 0) is 11.3 Å². The molecule has 1 N–H and O–H groups in total. The Balaban J connectivity index is 1.53. The van der Waals surface area contributed by atoms with Crippen LogP contribution in [0.5, 0.6) is 5.75 Å². The Morgan fingerprint density at radius 1 is 1.08 bits per heavy atom. The molecule has 36 heavy (non-hydrogen) atoms. The van der Waals surface area contributed by atoms with Gasteiger partial charge in [0.2, 0.25) is 0 Å². The van der Waals surface area contributed by atoms with Gasteiger partial charge in [0.25, 0.3) is 11.2 Å². The summed E-state index contributed by atoms with van der Waals surface area (Å²) in [5.74, 6) is 0.890. The standard InChI is InChI=1S/C26H26F2N4O3S/c1-25(2)23(33)32(19-8-10-21(11-9-19)36-26(3,27)28)24(34)31(25)16-17-12-13-29-22(14-17)30-18-6-5-7-20(15-18)35-4/h5-15H,16H2,1-4H3,(H,29,30). The van der Waals surface area contributed by atoms with Gasteiger partial charge < -0.3 is 15.0 Å². The average molecular weight is 513 g/mol. The first-order valence-electron chi connectivity index (χ1n) is 11.2. The maximum atomic E-state index is 13.4. The van der Waals surface area contributed by atoms with Crippen molar-refractivity contribution >= 4 is 40.9 Å². The van der Waals surface area contributed by atoms with Crippen LogP contribution in [0.1, 0.15) is 26.3 Å². The Labute approximate surface area is 212 Å². The number of imide groups is 1. The van der Waals surface area contributed by atoms with Crippen molar-refractivity contribution in [1.82, 2.24) is 9.88 Å². The summed E-state index contributed by atoms with van der Waals surface area (Å²) in [6.07, 6.45) is 1.63. The van der Waals surface area contributed by atoms with E-state index in [1.165, 1.54) is 29.2 Å².